The smallest absolute Gasteiger partial charge is 0.325 e. The zero-order valence-corrected chi connectivity index (χ0v) is 17.9. The highest BCUT2D eigenvalue weighted by molar-refractivity contribution is 7.99. The van der Waals surface area contributed by atoms with Gasteiger partial charge in [0.25, 0.3) is 5.56 Å². The fourth-order valence-electron chi connectivity index (χ4n) is 3.67. The van der Waals surface area contributed by atoms with Crippen molar-refractivity contribution in [3.05, 3.63) is 68.8 Å². The second-order valence-electron chi connectivity index (χ2n) is 7.44. The van der Waals surface area contributed by atoms with Crippen LogP contribution in [0, 0.1) is 0 Å². The quantitative estimate of drug-likeness (QED) is 0.564. The van der Waals surface area contributed by atoms with E-state index in [2.05, 4.69) is 20.2 Å². The zero-order valence-electron chi connectivity index (χ0n) is 17.0. The lowest BCUT2D eigenvalue weighted by molar-refractivity contribution is -0.128. The van der Waals surface area contributed by atoms with E-state index in [0.29, 0.717) is 16.7 Å². The van der Waals surface area contributed by atoms with Crippen molar-refractivity contribution in [2.24, 2.45) is 0 Å². The monoisotopic (exact) mass is 440 g/mol. The molecular weight excluding hydrogens is 416 g/mol. The zero-order chi connectivity index (χ0) is 21.6. The Morgan fingerprint density at radius 3 is 2.45 bits per heavy atom. The molecule has 1 amide bonds. The average Bonchev–Trinajstić information content (AvgIpc) is 2.95. The van der Waals surface area contributed by atoms with Crippen molar-refractivity contribution >= 4 is 17.7 Å². The fourth-order valence-corrected chi connectivity index (χ4v) is 4.54. The minimum absolute atomic E-state index is 0.106. The molecule has 1 aliphatic rings. The minimum Gasteiger partial charge on any atom is -0.342 e. The Bertz CT molecular complexity index is 1120. The Morgan fingerprint density at radius 1 is 1.00 bits per heavy atom. The summed E-state index contributed by atoms with van der Waals surface area (Å²) < 4.78 is 1.86. The highest BCUT2D eigenvalue weighted by Crippen LogP contribution is 2.24. The number of para-hydroxylation sites is 1. The summed E-state index contributed by atoms with van der Waals surface area (Å²) in [6.07, 6.45) is 4.67. The van der Waals surface area contributed by atoms with Crippen LogP contribution in [0.15, 0.2) is 51.1 Å². The number of H-pyrrole nitrogens is 2. The number of likely N-dealkylation sites (tertiary alicyclic amines) is 1. The van der Waals surface area contributed by atoms with Gasteiger partial charge in [0.1, 0.15) is 5.82 Å². The van der Waals surface area contributed by atoms with Gasteiger partial charge >= 0.3 is 5.69 Å². The summed E-state index contributed by atoms with van der Waals surface area (Å²) in [7, 11) is 0. The highest BCUT2D eigenvalue weighted by atomic mass is 32.2. The number of amides is 1. The van der Waals surface area contributed by atoms with Gasteiger partial charge in [0, 0.05) is 37.0 Å². The summed E-state index contributed by atoms with van der Waals surface area (Å²) in [6, 6.07) is 10.9. The van der Waals surface area contributed by atoms with E-state index in [1.54, 1.807) is 0 Å². The van der Waals surface area contributed by atoms with E-state index in [1.807, 2.05) is 39.8 Å². The molecule has 1 aliphatic heterocycles. The normalized spacial score (nSPS) is 14.4. The van der Waals surface area contributed by atoms with E-state index in [1.165, 1.54) is 30.7 Å². The molecule has 4 rings (SSSR count). The van der Waals surface area contributed by atoms with Crippen molar-refractivity contribution in [3.63, 3.8) is 0 Å². The van der Waals surface area contributed by atoms with Gasteiger partial charge in [-0.1, -0.05) is 42.8 Å². The number of benzene rings is 1. The second-order valence-corrected chi connectivity index (χ2v) is 8.39. The molecule has 31 heavy (non-hydrogen) atoms. The topological polar surface area (TPSA) is 117 Å². The molecule has 2 aromatic heterocycles. The summed E-state index contributed by atoms with van der Waals surface area (Å²) in [6.45, 7) is 1.62. The molecule has 0 saturated carbocycles. The van der Waals surface area contributed by atoms with Gasteiger partial charge in [0.2, 0.25) is 5.91 Å². The van der Waals surface area contributed by atoms with Gasteiger partial charge in [-0.25, -0.2) is 4.79 Å². The molecule has 0 aliphatic carbocycles. The molecule has 10 heteroatoms. The van der Waals surface area contributed by atoms with Gasteiger partial charge in [-0.2, -0.15) is 0 Å². The maximum absolute atomic E-state index is 12.7. The summed E-state index contributed by atoms with van der Waals surface area (Å²) in [5, 5.41) is 9.18. The van der Waals surface area contributed by atoms with E-state index >= 15 is 0 Å². The molecule has 1 saturated heterocycles. The molecule has 3 heterocycles. The SMILES string of the molecule is O=C(CSc1nnc(Cc2cc(=O)[nH]c(=O)[nH]2)n1-c1ccccc1)N1CCCCCC1. The lowest BCUT2D eigenvalue weighted by Crippen LogP contribution is -2.33. The third kappa shape index (κ3) is 5.32. The van der Waals surface area contributed by atoms with Crippen LogP contribution in [0.5, 0.6) is 0 Å². The molecule has 2 N–H and O–H groups in total. The molecule has 1 fully saturated rings. The Morgan fingerprint density at radius 2 is 1.74 bits per heavy atom. The highest BCUT2D eigenvalue weighted by Gasteiger charge is 2.20. The Hall–Kier alpha value is -3.14. The van der Waals surface area contributed by atoms with Gasteiger partial charge in [0.05, 0.1) is 5.75 Å². The third-order valence-corrected chi connectivity index (χ3v) is 6.08. The number of nitrogens with one attached hydrogen (secondary N) is 2. The van der Waals surface area contributed by atoms with Crippen LogP contribution in [0.1, 0.15) is 37.2 Å². The number of nitrogens with zero attached hydrogens (tertiary/aromatic N) is 4. The lowest BCUT2D eigenvalue weighted by atomic mass is 10.2. The van der Waals surface area contributed by atoms with Gasteiger partial charge in [0.15, 0.2) is 5.16 Å². The maximum Gasteiger partial charge on any atom is 0.325 e. The Labute approximate surface area is 182 Å². The second kappa shape index (κ2) is 9.78. The van der Waals surface area contributed by atoms with Crippen LogP contribution in [0.2, 0.25) is 0 Å². The minimum atomic E-state index is -0.564. The van der Waals surface area contributed by atoms with E-state index in [-0.39, 0.29) is 18.1 Å². The Balaban J connectivity index is 1.58. The van der Waals surface area contributed by atoms with Crippen molar-refractivity contribution < 1.29 is 4.79 Å². The first-order valence-electron chi connectivity index (χ1n) is 10.3. The van der Waals surface area contributed by atoms with Crippen LogP contribution in [-0.4, -0.2) is 54.4 Å². The molecule has 3 aromatic rings. The van der Waals surface area contributed by atoms with Crippen molar-refractivity contribution in [1.29, 1.82) is 0 Å². The van der Waals surface area contributed by atoms with Crippen LogP contribution in [0.3, 0.4) is 0 Å². The van der Waals surface area contributed by atoms with E-state index in [9.17, 15) is 14.4 Å². The van der Waals surface area contributed by atoms with Gasteiger partial charge < -0.3 is 9.88 Å². The molecule has 9 nitrogen and oxygen atoms in total. The number of aromatic nitrogens is 5. The van der Waals surface area contributed by atoms with Crippen LogP contribution < -0.4 is 11.2 Å². The number of rotatable bonds is 6. The largest absolute Gasteiger partial charge is 0.342 e. The number of aromatic amines is 2. The molecule has 0 unspecified atom stereocenters. The number of carbonyl (C=O) groups excluding carboxylic acids is 1. The molecular formula is C21H24N6O3S. The standard InChI is InChI=1S/C21H24N6O3S/c28-18-13-15(22-20(30)23-18)12-17-24-25-21(27(17)16-8-4-3-5-9-16)31-14-19(29)26-10-6-1-2-7-11-26/h3-5,8-9,13H,1-2,6-7,10-12,14H2,(H2,22,23,28,30). The predicted octanol–water partition coefficient (Wildman–Crippen LogP) is 1.73. The molecule has 0 atom stereocenters. The first kappa shape index (κ1) is 21.1. The predicted molar refractivity (Wildman–Crippen MR) is 118 cm³/mol. The first-order chi connectivity index (χ1) is 15.1. The number of thioether (sulfide) groups is 1. The van der Waals surface area contributed by atoms with Crippen molar-refractivity contribution in [2.45, 2.75) is 37.3 Å². The van der Waals surface area contributed by atoms with Crippen LogP contribution in [0.25, 0.3) is 5.69 Å². The van der Waals surface area contributed by atoms with Gasteiger partial charge in [-0.15, -0.1) is 10.2 Å². The summed E-state index contributed by atoms with van der Waals surface area (Å²) in [5.74, 6) is 0.958. The summed E-state index contributed by atoms with van der Waals surface area (Å²) >= 11 is 1.35. The van der Waals surface area contributed by atoms with Crippen molar-refractivity contribution in [1.82, 2.24) is 29.6 Å². The van der Waals surface area contributed by atoms with Gasteiger partial charge in [-0.3, -0.25) is 19.1 Å². The van der Waals surface area contributed by atoms with E-state index in [0.717, 1.165) is 31.6 Å². The van der Waals surface area contributed by atoms with Crippen LogP contribution in [-0.2, 0) is 11.2 Å². The van der Waals surface area contributed by atoms with Gasteiger partial charge in [-0.05, 0) is 25.0 Å². The molecule has 0 bridgehead atoms. The molecule has 0 radical (unpaired) electrons. The maximum atomic E-state index is 12.7. The lowest BCUT2D eigenvalue weighted by Gasteiger charge is -2.20. The molecule has 0 spiro atoms. The fraction of sp³-hybridized carbons (Fsp3) is 0.381. The van der Waals surface area contributed by atoms with E-state index in [4.69, 9.17) is 0 Å². The molecule has 1 aromatic carbocycles. The number of hydrogen-bond acceptors (Lipinski definition) is 6. The van der Waals surface area contributed by atoms with E-state index < -0.39 is 11.2 Å². The molecule has 162 valence electrons. The number of carbonyl (C=O) groups is 1. The van der Waals surface area contributed by atoms with Crippen LogP contribution in [0.4, 0.5) is 0 Å². The van der Waals surface area contributed by atoms with Crippen molar-refractivity contribution in [3.8, 4) is 5.69 Å². The van der Waals surface area contributed by atoms with Crippen molar-refractivity contribution in [2.75, 3.05) is 18.8 Å². The summed E-state index contributed by atoms with van der Waals surface area (Å²) in [4.78, 5) is 42.7. The average molecular weight is 441 g/mol. The number of hydrogen-bond donors (Lipinski definition) is 2. The van der Waals surface area contributed by atoms with Crippen LogP contribution >= 0.6 is 11.8 Å². The third-order valence-electron chi connectivity index (χ3n) is 5.16. The Kier molecular flexibility index (Phi) is 6.66. The summed E-state index contributed by atoms with van der Waals surface area (Å²) in [5.41, 5.74) is 0.253. The first-order valence-corrected chi connectivity index (χ1v) is 11.3.